The van der Waals surface area contributed by atoms with Crippen LogP contribution in [0.5, 0.6) is 17.2 Å². The van der Waals surface area contributed by atoms with E-state index >= 15 is 0 Å². The molecule has 0 aromatic heterocycles. The van der Waals surface area contributed by atoms with Gasteiger partial charge in [0.2, 0.25) is 11.8 Å². The van der Waals surface area contributed by atoms with Gasteiger partial charge in [-0.3, -0.25) is 48.4 Å². The van der Waals surface area contributed by atoms with E-state index in [2.05, 4.69) is 41.8 Å². The maximum absolute atomic E-state index is 14.1. The smallest absolute Gasteiger partial charge is 0.260 e. The molecule has 4 aromatic carbocycles. The summed E-state index contributed by atoms with van der Waals surface area (Å²) in [7, 11) is 1.52. The Morgan fingerprint density at radius 3 is 1.83 bits per heavy atom. The summed E-state index contributed by atoms with van der Waals surface area (Å²) in [6.07, 6.45) is 13.5. The number of anilines is 1. The Balaban J connectivity index is 0.734. The fourth-order valence-electron chi connectivity index (χ4n) is 10.1. The lowest BCUT2D eigenvalue weighted by Crippen LogP contribution is -2.45. The molecule has 404 valence electrons. The Morgan fingerprint density at radius 2 is 1.24 bits per heavy atom. The standard InChI is InChI=1S/C61H65N7O10/c1-36(2)58(65-55(70)11-8-7-9-22-66-56(71)20-21-57(66)72)51(69)26-39(5)59(73)64-44-18-16-41(17-19-44)43-28-46-33-63-50-31-54(53(76-6)29-48(50)61(75)68(46)35-43)78-24-10-23-77-52-30-49-47(25-38(52)4)60(74)67-34-42(27-45(67)32-62-49)40-14-12-37(3)13-15-40/h12-21,25,29-36,39,45-46,58H,7-11,22-24,26-28H2,1-6H3,(H,64,73)(H,65,70)/t39?,45-,46-,58-/m0/s1. The number of rotatable bonds is 22. The number of ketones is 1. The average molecular weight is 1060 g/mol. The number of carbonyl (C=O) groups excluding carboxylic acids is 7. The first-order valence-corrected chi connectivity index (χ1v) is 26.7. The topological polar surface area (TPSA) is 206 Å². The lowest BCUT2D eigenvalue weighted by Gasteiger charge is -2.23. The SMILES string of the molecule is COc1cc2c(cc1OCCCOc1cc3c(cc1C)C(=O)N1C=C(c4ccc(C)cc4)C[C@H]1C=N3)N=C[C@@H]1CC(c3ccc(NC(=O)C(C)CC(=O)[C@@H](NC(=O)CCCCCN4C(=O)C=CC4=O)C(C)C)cc3)=CN1C2=O. The van der Waals surface area contributed by atoms with E-state index in [4.69, 9.17) is 24.2 Å². The molecule has 5 aliphatic rings. The minimum Gasteiger partial charge on any atom is -0.493 e. The maximum atomic E-state index is 14.1. The quantitative estimate of drug-likeness (QED) is 0.0564. The Bertz CT molecular complexity index is 3170. The number of aliphatic imine (C=N–C) groups is 2. The molecule has 0 saturated heterocycles. The molecule has 17 nitrogen and oxygen atoms in total. The number of nitrogens with one attached hydrogen (secondary N) is 2. The molecule has 5 heterocycles. The zero-order valence-corrected chi connectivity index (χ0v) is 44.9. The number of unbranched alkanes of at least 4 members (excludes halogenated alkanes) is 2. The van der Waals surface area contributed by atoms with E-state index in [1.54, 1.807) is 47.2 Å². The summed E-state index contributed by atoms with van der Waals surface area (Å²) >= 11 is 0. The van der Waals surface area contributed by atoms with Crippen LogP contribution in [0.1, 0.15) is 115 Å². The van der Waals surface area contributed by atoms with Gasteiger partial charge >= 0.3 is 0 Å². The van der Waals surface area contributed by atoms with Crippen LogP contribution >= 0.6 is 0 Å². The Hall–Kier alpha value is -8.47. The van der Waals surface area contributed by atoms with E-state index in [1.165, 1.54) is 29.7 Å². The van der Waals surface area contributed by atoms with Crippen molar-refractivity contribution in [3.8, 4) is 17.2 Å². The zero-order valence-electron chi connectivity index (χ0n) is 44.9. The minimum atomic E-state index is -0.754. The Kier molecular flexibility index (Phi) is 16.6. The summed E-state index contributed by atoms with van der Waals surface area (Å²) in [6, 6.07) is 21.4. The fourth-order valence-corrected chi connectivity index (χ4v) is 10.1. The van der Waals surface area contributed by atoms with Crippen LogP contribution in [0.25, 0.3) is 11.1 Å². The van der Waals surface area contributed by atoms with Gasteiger partial charge in [0.05, 0.1) is 61.0 Å². The molecule has 0 spiro atoms. The number of amides is 6. The number of hydrogen-bond donors (Lipinski definition) is 2. The van der Waals surface area contributed by atoms with Gasteiger partial charge in [-0.15, -0.1) is 0 Å². The first kappa shape index (κ1) is 54.3. The maximum Gasteiger partial charge on any atom is 0.260 e. The number of benzene rings is 4. The number of aryl methyl sites for hydroxylation is 2. The number of nitrogens with zero attached hydrogens (tertiary/aromatic N) is 5. The van der Waals surface area contributed by atoms with Gasteiger partial charge in [0.15, 0.2) is 17.3 Å². The van der Waals surface area contributed by atoms with E-state index in [0.29, 0.717) is 104 Å². The van der Waals surface area contributed by atoms with Crippen molar-refractivity contribution in [2.45, 2.75) is 104 Å². The van der Waals surface area contributed by atoms with Gasteiger partial charge in [0.1, 0.15) is 5.75 Å². The monoisotopic (exact) mass is 1060 g/mol. The Labute approximate surface area is 454 Å². The van der Waals surface area contributed by atoms with Crippen molar-refractivity contribution in [2.24, 2.45) is 21.8 Å². The number of fused-ring (bicyclic) bond motifs is 4. The second-order valence-electron chi connectivity index (χ2n) is 20.8. The van der Waals surface area contributed by atoms with Crippen LogP contribution in [0.4, 0.5) is 17.1 Å². The van der Waals surface area contributed by atoms with Crippen LogP contribution in [-0.4, -0.2) is 113 Å². The third-order valence-corrected chi connectivity index (χ3v) is 14.7. The van der Waals surface area contributed by atoms with E-state index in [0.717, 1.165) is 27.8 Å². The van der Waals surface area contributed by atoms with E-state index in [1.807, 2.05) is 63.7 Å². The first-order valence-electron chi connectivity index (χ1n) is 26.7. The van der Waals surface area contributed by atoms with E-state index in [-0.39, 0.29) is 72.1 Å². The molecule has 6 amide bonds. The molecule has 4 aromatic rings. The molecule has 0 fully saturated rings. The first-order chi connectivity index (χ1) is 37.5. The van der Waals surface area contributed by atoms with Crippen molar-refractivity contribution in [3.05, 3.63) is 131 Å². The predicted octanol–water partition coefficient (Wildman–Crippen LogP) is 9.26. The number of hydrogen-bond acceptors (Lipinski definition) is 12. The summed E-state index contributed by atoms with van der Waals surface area (Å²) in [6.45, 7) is 10.3. The second-order valence-corrected chi connectivity index (χ2v) is 20.8. The molecule has 0 bridgehead atoms. The highest BCUT2D eigenvalue weighted by atomic mass is 16.5. The van der Waals surface area contributed by atoms with E-state index in [9.17, 15) is 33.6 Å². The number of Topliss-reactive ketones (excluding diaryl/α,β-unsaturated/α-hetero) is 1. The van der Waals surface area contributed by atoms with Gasteiger partial charge in [-0.25, -0.2) is 0 Å². The van der Waals surface area contributed by atoms with Crippen LogP contribution in [0.2, 0.25) is 0 Å². The van der Waals surface area contributed by atoms with Crippen molar-refractivity contribution < 1.29 is 47.8 Å². The lowest BCUT2D eigenvalue weighted by atomic mass is 9.92. The molecule has 2 N–H and O–H groups in total. The molecule has 4 atom stereocenters. The highest BCUT2D eigenvalue weighted by Crippen LogP contribution is 2.41. The van der Waals surface area contributed by atoms with Crippen molar-refractivity contribution in [1.29, 1.82) is 0 Å². The average Bonchev–Trinajstić information content (AvgIpc) is 4.24. The van der Waals surface area contributed by atoms with Gasteiger partial charge in [-0.05, 0) is 84.7 Å². The Morgan fingerprint density at radius 1 is 0.679 bits per heavy atom. The van der Waals surface area contributed by atoms with Crippen molar-refractivity contribution in [3.63, 3.8) is 0 Å². The number of ether oxygens (including phenoxy) is 3. The summed E-state index contributed by atoms with van der Waals surface area (Å²) < 4.78 is 18.1. The third kappa shape index (κ3) is 12.2. The fraction of sp³-hybridized carbons (Fsp3) is 0.361. The van der Waals surface area contributed by atoms with E-state index < -0.39 is 12.0 Å². The summed E-state index contributed by atoms with van der Waals surface area (Å²) in [5, 5.41) is 5.75. The second kappa shape index (κ2) is 23.8. The van der Waals surface area contributed by atoms with Crippen molar-refractivity contribution in [2.75, 3.05) is 32.2 Å². The lowest BCUT2D eigenvalue weighted by molar-refractivity contribution is -0.137. The van der Waals surface area contributed by atoms with Gasteiger partial charge in [0.25, 0.3) is 23.6 Å². The van der Waals surface area contributed by atoms with Gasteiger partial charge < -0.3 is 34.6 Å². The molecular weight excluding hydrogens is 991 g/mol. The van der Waals surface area contributed by atoms with Gasteiger partial charge in [-0.2, -0.15) is 0 Å². The van der Waals surface area contributed by atoms with Crippen LogP contribution in [0, 0.1) is 25.7 Å². The molecule has 5 aliphatic heterocycles. The van der Waals surface area contributed by atoms with Crippen LogP contribution in [0.15, 0.2) is 107 Å². The minimum absolute atomic E-state index is 0.0631. The third-order valence-electron chi connectivity index (χ3n) is 14.7. The molecule has 0 saturated carbocycles. The molecule has 9 rings (SSSR count). The van der Waals surface area contributed by atoms with Crippen LogP contribution < -0.4 is 24.8 Å². The predicted molar refractivity (Wildman–Crippen MR) is 297 cm³/mol. The molecule has 17 heteroatoms. The highest BCUT2D eigenvalue weighted by molar-refractivity contribution is 6.13. The molecular formula is C61H65N7O10. The summed E-state index contributed by atoms with van der Waals surface area (Å²) in [5.41, 5.74) is 8.47. The molecule has 0 radical (unpaired) electrons. The highest BCUT2D eigenvalue weighted by Gasteiger charge is 2.36. The summed E-state index contributed by atoms with van der Waals surface area (Å²) in [5.74, 6) is -1.23. The molecule has 0 aliphatic carbocycles. The number of methoxy groups -OCH3 is 1. The van der Waals surface area contributed by atoms with Crippen LogP contribution in [0.3, 0.4) is 0 Å². The normalized spacial score (nSPS) is 17.9. The largest absolute Gasteiger partial charge is 0.493 e. The molecule has 78 heavy (non-hydrogen) atoms. The van der Waals surface area contributed by atoms with Crippen molar-refractivity contribution in [1.82, 2.24) is 20.0 Å². The zero-order chi connectivity index (χ0) is 55.2. The summed E-state index contributed by atoms with van der Waals surface area (Å²) in [4.78, 5) is 105. The number of imide groups is 1. The van der Waals surface area contributed by atoms with Gasteiger partial charge in [-0.1, -0.05) is 69.2 Å². The molecule has 1 unspecified atom stereocenters. The van der Waals surface area contributed by atoms with Crippen LogP contribution in [-0.2, 0) is 24.0 Å². The van der Waals surface area contributed by atoms with Gasteiger partial charge in [0, 0.05) is 99.4 Å². The van der Waals surface area contributed by atoms with Crippen molar-refractivity contribution >= 4 is 81.9 Å². The number of carbonyl (C=O) groups is 7.